The molecule has 3 heterocycles. The predicted molar refractivity (Wildman–Crippen MR) is 87.0 cm³/mol. The average molecular weight is 309 g/mol. The number of benzene rings is 1. The third-order valence-electron chi connectivity index (χ3n) is 4.51. The van der Waals surface area contributed by atoms with Gasteiger partial charge in [-0.15, -0.1) is 0 Å². The summed E-state index contributed by atoms with van der Waals surface area (Å²) < 4.78 is 5.28. The number of carbonyl (C=O) groups is 1. The standard InChI is InChI=1S/C18H19N3O2/c22-18-21-16(13-23-18)7-9-20(11-14-4-3-8-19-10-14)12-15-5-1-2-6-17(15)21/h1-6,8,10,16H,7,9,11-13H2/t16-/m0/s1. The third-order valence-corrected chi connectivity index (χ3v) is 4.51. The summed E-state index contributed by atoms with van der Waals surface area (Å²) in [6.07, 6.45) is 4.41. The molecule has 0 spiro atoms. The van der Waals surface area contributed by atoms with Gasteiger partial charge in [0.2, 0.25) is 0 Å². The number of aromatic nitrogens is 1. The van der Waals surface area contributed by atoms with E-state index >= 15 is 0 Å². The molecule has 1 aromatic carbocycles. The van der Waals surface area contributed by atoms with Crippen molar-refractivity contribution in [2.24, 2.45) is 0 Å². The van der Waals surface area contributed by atoms with Gasteiger partial charge in [0, 0.05) is 32.0 Å². The van der Waals surface area contributed by atoms with Crippen molar-refractivity contribution in [3.8, 4) is 0 Å². The van der Waals surface area contributed by atoms with E-state index in [9.17, 15) is 4.79 Å². The molecule has 0 N–H and O–H groups in total. The molecule has 0 bridgehead atoms. The zero-order valence-corrected chi connectivity index (χ0v) is 12.9. The number of fused-ring (bicyclic) bond motifs is 3. The lowest BCUT2D eigenvalue weighted by Gasteiger charge is -2.32. The van der Waals surface area contributed by atoms with E-state index in [-0.39, 0.29) is 12.1 Å². The van der Waals surface area contributed by atoms with Crippen LogP contribution in [0.4, 0.5) is 10.5 Å². The van der Waals surface area contributed by atoms with E-state index in [1.54, 1.807) is 6.20 Å². The topological polar surface area (TPSA) is 45.7 Å². The molecule has 1 atom stereocenters. The van der Waals surface area contributed by atoms with Gasteiger partial charge in [-0.2, -0.15) is 0 Å². The minimum absolute atomic E-state index is 0.125. The molecule has 0 saturated carbocycles. The lowest BCUT2D eigenvalue weighted by atomic mass is 10.0. The first-order valence-electron chi connectivity index (χ1n) is 7.96. The van der Waals surface area contributed by atoms with Crippen molar-refractivity contribution < 1.29 is 9.53 Å². The lowest BCUT2D eigenvalue weighted by molar-refractivity contribution is 0.177. The van der Waals surface area contributed by atoms with Gasteiger partial charge in [0.25, 0.3) is 0 Å². The molecule has 0 unspecified atom stereocenters. The maximum atomic E-state index is 12.1. The quantitative estimate of drug-likeness (QED) is 0.856. The van der Waals surface area contributed by atoms with Gasteiger partial charge >= 0.3 is 6.09 Å². The summed E-state index contributed by atoms with van der Waals surface area (Å²) in [5.41, 5.74) is 3.36. The smallest absolute Gasteiger partial charge is 0.414 e. The van der Waals surface area contributed by atoms with Crippen molar-refractivity contribution in [3.05, 3.63) is 59.9 Å². The molecule has 1 amide bonds. The first-order valence-corrected chi connectivity index (χ1v) is 7.96. The Kier molecular flexibility index (Phi) is 3.71. The van der Waals surface area contributed by atoms with E-state index < -0.39 is 0 Å². The summed E-state index contributed by atoms with van der Waals surface area (Å²) in [7, 11) is 0. The number of hydrogen-bond donors (Lipinski definition) is 0. The lowest BCUT2D eigenvalue weighted by Crippen LogP contribution is -2.40. The molecule has 1 fully saturated rings. The molecule has 2 aliphatic rings. The van der Waals surface area contributed by atoms with E-state index in [4.69, 9.17) is 4.74 Å². The van der Waals surface area contributed by atoms with Crippen molar-refractivity contribution in [3.63, 3.8) is 0 Å². The zero-order valence-electron chi connectivity index (χ0n) is 12.9. The number of anilines is 1. The molecule has 5 nitrogen and oxygen atoms in total. The van der Waals surface area contributed by atoms with Gasteiger partial charge in [0.1, 0.15) is 6.61 Å². The molecule has 1 aromatic heterocycles. The van der Waals surface area contributed by atoms with E-state index in [1.165, 1.54) is 11.1 Å². The number of amides is 1. The van der Waals surface area contributed by atoms with Crippen LogP contribution in [0.1, 0.15) is 17.5 Å². The maximum absolute atomic E-state index is 12.1. The molecular weight excluding hydrogens is 290 g/mol. The Morgan fingerprint density at radius 1 is 1.22 bits per heavy atom. The Morgan fingerprint density at radius 2 is 2.13 bits per heavy atom. The Labute approximate surface area is 135 Å². The van der Waals surface area contributed by atoms with Crippen LogP contribution in [-0.2, 0) is 17.8 Å². The first-order chi connectivity index (χ1) is 11.3. The number of pyridine rings is 1. The van der Waals surface area contributed by atoms with E-state index in [0.717, 1.165) is 31.7 Å². The molecule has 4 rings (SSSR count). The summed E-state index contributed by atoms with van der Waals surface area (Å²) in [5.74, 6) is 0. The number of para-hydroxylation sites is 1. The molecule has 2 aromatic rings. The van der Waals surface area contributed by atoms with E-state index in [1.807, 2.05) is 35.4 Å². The molecule has 0 radical (unpaired) electrons. The Balaban J connectivity index is 1.64. The van der Waals surface area contributed by atoms with Gasteiger partial charge in [0.05, 0.1) is 11.7 Å². The van der Waals surface area contributed by atoms with Gasteiger partial charge < -0.3 is 4.74 Å². The summed E-state index contributed by atoms with van der Waals surface area (Å²) in [6, 6.07) is 12.3. The van der Waals surface area contributed by atoms with Crippen LogP contribution in [0.2, 0.25) is 0 Å². The van der Waals surface area contributed by atoms with Gasteiger partial charge in [-0.05, 0) is 29.7 Å². The SMILES string of the molecule is O=C1OC[C@@H]2CCN(Cc3cccnc3)Cc3ccccc3N12. The number of cyclic esters (lactones) is 1. The number of rotatable bonds is 2. The summed E-state index contributed by atoms with van der Waals surface area (Å²) in [4.78, 5) is 20.5. The maximum Gasteiger partial charge on any atom is 0.414 e. The van der Waals surface area contributed by atoms with Crippen LogP contribution < -0.4 is 4.90 Å². The van der Waals surface area contributed by atoms with Crippen molar-refractivity contribution in [2.45, 2.75) is 25.6 Å². The zero-order chi connectivity index (χ0) is 15.6. The fourth-order valence-corrected chi connectivity index (χ4v) is 3.38. The highest BCUT2D eigenvalue weighted by Gasteiger charge is 2.36. The minimum Gasteiger partial charge on any atom is -0.447 e. The number of hydrogen-bond acceptors (Lipinski definition) is 4. The Bertz CT molecular complexity index is 704. The molecule has 1 saturated heterocycles. The second kappa shape index (κ2) is 6.01. The van der Waals surface area contributed by atoms with Crippen LogP contribution in [0.3, 0.4) is 0 Å². The summed E-state index contributed by atoms with van der Waals surface area (Å²) in [6.45, 7) is 3.10. The molecule has 5 heteroatoms. The number of ether oxygens (including phenoxy) is 1. The number of carbonyl (C=O) groups excluding carboxylic acids is 1. The highest BCUT2D eigenvalue weighted by Crippen LogP contribution is 2.31. The fourth-order valence-electron chi connectivity index (χ4n) is 3.38. The largest absolute Gasteiger partial charge is 0.447 e. The molecule has 2 aliphatic heterocycles. The van der Waals surface area contributed by atoms with Gasteiger partial charge in [0.15, 0.2) is 0 Å². The summed E-state index contributed by atoms with van der Waals surface area (Å²) >= 11 is 0. The van der Waals surface area contributed by atoms with Crippen LogP contribution in [-0.4, -0.2) is 35.2 Å². The molecule has 118 valence electrons. The van der Waals surface area contributed by atoms with E-state index in [0.29, 0.717) is 6.61 Å². The predicted octanol–water partition coefficient (Wildman–Crippen LogP) is 2.81. The summed E-state index contributed by atoms with van der Waals surface area (Å²) in [5, 5.41) is 0. The first kappa shape index (κ1) is 14.2. The van der Waals surface area contributed by atoms with Gasteiger partial charge in [-0.1, -0.05) is 24.3 Å². The fraction of sp³-hybridized carbons (Fsp3) is 0.333. The average Bonchev–Trinajstić information content (AvgIpc) is 2.92. The van der Waals surface area contributed by atoms with Crippen LogP contribution in [0.15, 0.2) is 48.8 Å². The van der Waals surface area contributed by atoms with E-state index in [2.05, 4.69) is 22.0 Å². The molecule has 23 heavy (non-hydrogen) atoms. The normalized spacial score (nSPS) is 21.1. The number of nitrogens with zero attached hydrogens (tertiary/aromatic N) is 3. The van der Waals surface area contributed by atoms with Crippen molar-refractivity contribution >= 4 is 11.8 Å². The van der Waals surface area contributed by atoms with Crippen LogP contribution in [0, 0.1) is 0 Å². The van der Waals surface area contributed by atoms with Crippen molar-refractivity contribution in [2.75, 3.05) is 18.1 Å². The second-order valence-electron chi connectivity index (χ2n) is 6.09. The van der Waals surface area contributed by atoms with Crippen LogP contribution >= 0.6 is 0 Å². The van der Waals surface area contributed by atoms with Crippen LogP contribution in [0.5, 0.6) is 0 Å². The minimum atomic E-state index is -0.219. The molecule has 0 aliphatic carbocycles. The second-order valence-corrected chi connectivity index (χ2v) is 6.09. The third kappa shape index (κ3) is 2.80. The van der Waals surface area contributed by atoms with Crippen molar-refractivity contribution in [1.29, 1.82) is 0 Å². The Morgan fingerprint density at radius 3 is 3.00 bits per heavy atom. The highest BCUT2D eigenvalue weighted by molar-refractivity contribution is 5.91. The van der Waals surface area contributed by atoms with Gasteiger partial charge in [-0.25, -0.2) is 4.79 Å². The van der Waals surface area contributed by atoms with Crippen LogP contribution in [0.25, 0.3) is 0 Å². The monoisotopic (exact) mass is 309 g/mol. The van der Waals surface area contributed by atoms with Crippen molar-refractivity contribution in [1.82, 2.24) is 9.88 Å². The van der Waals surface area contributed by atoms with Gasteiger partial charge in [-0.3, -0.25) is 14.8 Å². The molecular formula is C18H19N3O2. The highest BCUT2D eigenvalue weighted by atomic mass is 16.6. The Hall–Kier alpha value is -2.40.